The molecule has 0 aromatic carbocycles. The molecule has 19 heavy (non-hydrogen) atoms. The van der Waals surface area contributed by atoms with E-state index in [-0.39, 0.29) is 11.9 Å². The highest BCUT2D eigenvalue weighted by atomic mass is 19.1. The van der Waals surface area contributed by atoms with Crippen molar-refractivity contribution in [2.24, 2.45) is 7.05 Å². The summed E-state index contributed by atoms with van der Waals surface area (Å²) in [5, 5.41) is 7.58. The topological polar surface area (TPSA) is 42.7 Å². The lowest BCUT2D eigenvalue weighted by Crippen LogP contribution is -2.24. The second-order valence-corrected chi connectivity index (χ2v) is 4.59. The van der Waals surface area contributed by atoms with Gasteiger partial charge >= 0.3 is 0 Å². The number of hydrogen-bond acceptors (Lipinski definition) is 3. The fourth-order valence-corrected chi connectivity index (χ4v) is 2.04. The van der Waals surface area contributed by atoms with Gasteiger partial charge in [-0.25, -0.2) is 4.39 Å². The highest BCUT2D eigenvalue weighted by Crippen LogP contribution is 2.14. The normalized spacial score (nSPS) is 12.6. The molecule has 1 atom stereocenters. The van der Waals surface area contributed by atoms with Crippen molar-refractivity contribution in [3.8, 4) is 0 Å². The molecule has 0 aliphatic heterocycles. The number of halogens is 1. The fourth-order valence-electron chi connectivity index (χ4n) is 2.04. The van der Waals surface area contributed by atoms with E-state index in [9.17, 15) is 4.39 Å². The van der Waals surface area contributed by atoms with E-state index in [0.717, 1.165) is 25.1 Å². The molecule has 0 spiro atoms. The molecular formula is C14H19FN4. The van der Waals surface area contributed by atoms with Gasteiger partial charge in [0.25, 0.3) is 0 Å². The molecule has 0 amide bonds. The number of nitrogens with zero attached hydrogens (tertiary/aromatic N) is 3. The molecule has 0 saturated carbocycles. The molecule has 102 valence electrons. The van der Waals surface area contributed by atoms with E-state index in [1.54, 1.807) is 10.7 Å². The van der Waals surface area contributed by atoms with Crippen LogP contribution in [0.15, 0.2) is 30.7 Å². The van der Waals surface area contributed by atoms with Gasteiger partial charge in [-0.2, -0.15) is 5.10 Å². The van der Waals surface area contributed by atoms with Gasteiger partial charge in [-0.15, -0.1) is 0 Å². The molecule has 0 radical (unpaired) electrons. The first-order chi connectivity index (χ1) is 9.19. The number of pyridine rings is 1. The van der Waals surface area contributed by atoms with Crippen LogP contribution in [0.5, 0.6) is 0 Å². The minimum absolute atomic E-state index is 0.164. The quantitative estimate of drug-likeness (QED) is 0.868. The Morgan fingerprint density at radius 1 is 1.37 bits per heavy atom. The summed E-state index contributed by atoms with van der Waals surface area (Å²) in [6.45, 7) is 2.94. The second kappa shape index (κ2) is 6.43. The molecule has 2 rings (SSSR count). The van der Waals surface area contributed by atoms with Crippen molar-refractivity contribution >= 4 is 0 Å². The smallest absolute Gasteiger partial charge is 0.141 e. The van der Waals surface area contributed by atoms with Crippen molar-refractivity contribution < 1.29 is 4.39 Å². The van der Waals surface area contributed by atoms with Gasteiger partial charge in [-0.05, 0) is 37.1 Å². The van der Waals surface area contributed by atoms with Gasteiger partial charge in [-0.3, -0.25) is 9.67 Å². The number of hydrogen-bond donors (Lipinski definition) is 1. The van der Waals surface area contributed by atoms with Gasteiger partial charge in [0.1, 0.15) is 5.82 Å². The summed E-state index contributed by atoms with van der Waals surface area (Å²) in [6, 6.07) is 3.35. The Balaban J connectivity index is 1.87. The van der Waals surface area contributed by atoms with E-state index >= 15 is 0 Å². The molecule has 0 bridgehead atoms. The first kappa shape index (κ1) is 13.7. The molecule has 1 N–H and O–H groups in total. The van der Waals surface area contributed by atoms with Gasteiger partial charge in [0.05, 0.1) is 18.1 Å². The van der Waals surface area contributed by atoms with Crippen LogP contribution in [0.4, 0.5) is 4.39 Å². The molecule has 0 saturated heterocycles. The summed E-state index contributed by atoms with van der Waals surface area (Å²) in [5.41, 5.74) is 2.09. The van der Waals surface area contributed by atoms with Crippen LogP contribution in [0.2, 0.25) is 0 Å². The van der Waals surface area contributed by atoms with Crippen LogP contribution in [0.25, 0.3) is 0 Å². The van der Waals surface area contributed by atoms with Gasteiger partial charge in [-0.1, -0.05) is 6.92 Å². The van der Waals surface area contributed by atoms with E-state index in [1.807, 2.05) is 19.4 Å². The average Bonchev–Trinajstić information content (AvgIpc) is 2.82. The van der Waals surface area contributed by atoms with Crippen molar-refractivity contribution in [1.29, 1.82) is 0 Å². The highest BCUT2D eigenvalue weighted by Gasteiger charge is 2.10. The van der Waals surface area contributed by atoms with E-state index in [2.05, 4.69) is 22.3 Å². The van der Waals surface area contributed by atoms with Crippen LogP contribution in [0.3, 0.4) is 0 Å². The number of aromatic nitrogens is 3. The molecule has 0 fully saturated rings. The Hall–Kier alpha value is -1.75. The summed E-state index contributed by atoms with van der Waals surface area (Å²) in [4.78, 5) is 4.13. The van der Waals surface area contributed by atoms with E-state index < -0.39 is 0 Å². The lowest BCUT2D eigenvalue weighted by Gasteiger charge is -2.16. The Labute approximate surface area is 112 Å². The maximum atomic E-state index is 12.8. The minimum Gasteiger partial charge on any atom is -0.308 e. The van der Waals surface area contributed by atoms with E-state index in [1.165, 1.54) is 17.8 Å². The number of aryl methyl sites for hydroxylation is 1. The summed E-state index contributed by atoms with van der Waals surface area (Å²) in [6.07, 6.45) is 7.00. The zero-order valence-corrected chi connectivity index (χ0v) is 11.3. The molecule has 2 heterocycles. The van der Waals surface area contributed by atoms with E-state index in [0.29, 0.717) is 0 Å². The molecule has 1 unspecified atom stereocenters. The Bertz CT molecular complexity index is 506. The van der Waals surface area contributed by atoms with Crippen LogP contribution in [-0.2, 0) is 13.5 Å². The first-order valence-electron chi connectivity index (χ1n) is 6.51. The van der Waals surface area contributed by atoms with Crippen LogP contribution >= 0.6 is 0 Å². The molecular weight excluding hydrogens is 243 g/mol. The highest BCUT2D eigenvalue weighted by molar-refractivity contribution is 5.10. The standard InChI is InChI=1S/C14H19FN4/c1-3-13(14-5-4-12(15)9-17-14)16-7-6-11-8-18-19(2)10-11/h4-5,8-10,13,16H,3,6-7H2,1-2H3. The zero-order chi connectivity index (χ0) is 13.7. The van der Waals surface area contributed by atoms with Crippen molar-refractivity contribution in [1.82, 2.24) is 20.1 Å². The number of nitrogens with one attached hydrogen (secondary N) is 1. The molecule has 2 aromatic heterocycles. The van der Waals surface area contributed by atoms with Crippen molar-refractivity contribution in [3.05, 3.63) is 47.8 Å². The SMILES string of the molecule is CCC(NCCc1cnn(C)c1)c1ccc(F)cn1. The summed E-state index contributed by atoms with van der Waals surface area (Å²) in [5.74, 6) is -0.297. The second-order valence-electron chi connectivity index (χ2n) is 4.59. The average molecular weight is 262 g/mol. The third kappa shape index (κ3) is 3.86. The van der Waals surface area contributed by atoms with Gasteiger partial charge < -0.3 is 5.32 Å². The summed E-state index contributed by atoms with van der Waals surface area (Å²) < 4.78 is 14.6. The van der Waals surface area contributed by atoms with Crippen LogP contribution < -0.4 is 5.32 Å². The lowest BCUT2D eigenvalue weighted by molar-refractivity contribution is 0.508. The first-order valence-corrected chi connectivity index (χ1v) is 6.51. The predicted octanol–water partition coefficient (Wildman–Crippen LogP) is 2.24. The van der Waals surface area contributed by atoms with E-state index in [4.69, 9.17) is 0 Å². The largest absolute Gasteiger partial charge is 0.308 e. The third-order valence-corrected chi connectivity index (χ3v) is 3.08. The van der Waals surface area contributed by atoms with Gasteiger partial charge in [0, 0.05) is 19.3 Å². The lowest BCUT2D eigenvalue weighted by atomic mass is 10.1. The Kier molecular flexibility index (Phi) is 4.63. The maximum Gasteiger partial charge on any atom is 0.141 e. The molecule has 2 aromatic rings. The molecule has 0 aliphatic rings. The molecule has 4 nitrogen and oxygen atoms in total. The zero-order valence-electron chi connectivity index (χ0n) is 11.3. The van der Waals surface area contributed by atoms with Crippen molar-refractivity contribution in [2.75, 3.05) is 6.54 Å². The maximum absolute atomic E-state index is 12.8. The summed E-state index contributed by atoms with van der Waals surface area (Å²) in [7, 11) is 1.91. The van der Waals surface area contributed by atoms with Crippen LogP contribution in [-0.4, -0.2) is 21.3 Å². The summed E-state index contributed by atoms with van der Waals surface area (Å²) >= 11 is 0. The molecule has 0 aliphatic carbocycles. The number of rotatable bonds is 6. The van der Waals surface area contributed by atoms with Crippen LogP contribution in [0, 0.1) is 5.82 Å². The molecule has 5 heteroatoms. The third-order valence-electron chi connectivity index (χ3n) is 3.08. The minimum atomic E-state index is -0.297. The van der Waals surface area contributed by atoms with Gasteiger partial charge in [0.2, 0.25) is 0 Å². The Morgan fingerprint density at radius 2 is 2.21 bits per heavy atom. The predicted molar refractivity (Wildman–Crippen MR) is 72.1 cm³/mol. The fraction of sp³-hybridized carbons (Fsp3) is 0.429. The van der Waals surface area contributed by atoms with Crippen molar-refractivity contribution in [3.63, 3.8) is 0 Å². The Morgan fingerprint density at radius 3 is 2.79 bits per heavy atom. The monoisotopic (exact) mass is 262 g/mol. The van der Waals surface area contributed by atoms with Crippen LogP contribution in [0.1, 0.15) is 30.6 Å². The van der Waals surface area contributed by atoms with Gasteiger partial charge in [0.15, 0.2) is 0 Å². The van der Waals surface area contributed by atoms with Crippen molar-refractivity contribution in [2.45, 2.75) is 25.8 Å².